The number of carbonyl (C=O) groups is 1. The molecule has 8 nitrogen and oxygen atoms in total. The van der Waals surface area contributed by atoms with Crippen molar-refractivity contribution in [2.45, 2.75) is 26.4 Å². The molecule has 36 heavy (non-hydrogen) atoms. The highest BCUT2D eigenvalue weighted by atomic mass is 32.1. The first kappa shape index (κ1) is 23.5. The lowest BCUT2D eigenvalue weighted by Gasteiger charge is -2.25. The lowest BCUT2D eigenvalue weighted by atomic mass is 9.95. The van der Waals surface area contributed by atoms with E-state index in [9.17, 15) is 9.59 Å². The van der Waals surface area contributed by atoms with Crippen LogP contribution in [-0.4, -0.2) is 27.4 Å². The Morgan fingerprint density at radius 2 is 1.92 bits per heavy atom. The highest BCUT2D eigenvalue weighted by Crippen LogP contribution is 2.31. The molecule has 1 amide bonds. The molecule has 0 saturated carbocycles. The fraction of sp³-hybridized carbons (Fsp3) is 0.185. The lowest BCUT2D eigenvalue weighted by Crippen LogP contribution is -2.40. The van der Waals surface area contributed by atoms with E-state index < -0.39 is 6.04 Å². The number of nitrogens with one attached hydrogen (secondary N) is 1. The average molecular weight is 500 g/mol. The smallest absolute Gasteiger partial charge is 0.271 e. The number of fused-ring (bicyclic) bond motifs is 1. The molecule has 0 radical (unpaired) electrons. The van der Waals surface area contributed by atoms with Gasteiger partial charge in [0.2, 0.25) is 0 Å². The molecular weight excluding hydrogens is 474 g/mol. The van der Waals surface area contributed by atoms with Crippen LogP contribution in [0.15, 0.2) is 88.0 Å². The maximum absolute atomic E-state index is 13.7. The van der Waals surface area contributed by atoms with Gasteiger partial charge in [-0.15, -0.1) is 0 Å². The Balaban J connectivity index is 1.66. The summed E-state index contributed by atoms with van der Waals surface area (Å²) < 4.78 is 9.26. The minimum absolute atomic E-state index is 0.207. The number of rotatable bonds is 6. The van der Waals surface area contributed by atoms with E-state index in [0.717, 1.165) is 17.7 Å². The van der Waals surface area contributed by atoms with Gasteiger partial charge in [0.05, 0.1) is 35.2 Å². The van der Waals surface area contributed by atoms with E-state index in [-0.39, 0.29) is 11.5 Å². The molecule has 0 aliphatic carbocycles. The van der Waals surface area contributed by atoms with Gasteiger partial charge in [-0.1, -0.05) is 41.7 Å². The zero-order valence-electron chi connectivity index (χ0n) is 20.1. The Morgan fingerprint density at radius 1 is 1.17 bits per heavy atom. The fourth-order valence-corrected chi connectivity index (χ4v) is 5.26. The van der Waals surface area contributed by atoms with Crippen molar-refractivity contribution >= 4 is 29.0 Å². The Morgan fingerprint density at radius 3 is 2.58 bits per heavy atom. The van der Waals surface area contributed by atoms with Crippen LogP contribution in [0.2, 0.25) is 0 Å². The minimum Gasteiger partial charge on any atom is -0.497 e. The molecule has 1 aliphatic heterocycles. The molecule has 0 spiro atoms. The zero-order valence-corrected chi connectivity index (χ0v) is 21.0. The Hall–Kier alpha value is -4.24. The minimum atomic E-state index is -0.642. The van der Waals surface area contributed by atoms with Crippen molar-refractivity contribution in [1.29, 1.82) is 0 Å². The van der Waals surface area contributed by atoms with Crippen molar-refractivity contribution in [1.82, 2.24) is 14.3 Å². The molecule has 1 aliphatic rings. The number of hydrogen-bond donors (Lipinski definition) is 1. The normalized spacial score (nSPS) is 15.4. The number of amides is 1. The molecule has 0 saturated heterocycles. The summed E-state index contributed by atoms with van der Waals surface area (Å²) in [4.78, 5) is 32.5. The van der Waals surface area contributed by atoms with E-state index in [1.807, 2.05) is 73.8 Å². The molecule has 5 rings (SSSR count). The van der Waals surface area contributed by atoms with Gasteiger partial charge in [0, 0.05) is 24.0 Å². The fourth-order valence-electron chi connectivity index (χ4n) is 4.21. The monoisotopic (exact) mass is 499 g/mol. The number of aromatic nitrogens is 3. The number of nitrogens with zero attached hydrogens (tertiary/aromatic N) is 4. The first-order valence-corrected chi connectivity index (χ1v) is 12.4. The van der Waals surface area contributed by atoms with Crippen LogP contribution in [0, 0.1) is 0 Å². The van der Waals surface area contributed by atoms with Crippen LogP contribution in [-0.2, 0) is 11.3 Å². The van der Waals surface area contributed by atoms with Crippen LogP contribution < -0.4 is 24.9 Å². The second-order valence-corrected chi connectivity index (χ2v) is 9.31. The summed E-state index contributed by atoms with van der Waals surface area (Å²) in [5.41, 5.74) is 3.07. The predicted molar refractivity (Wildman–Crippen MR) is 140 cm³/mol. The number of ether oxygens (including phenoxy) is 1. The second-order valence-electron chi connectivity index (χ2n) is 8.30. The largest absolute Gasteiger partial charge is 0.497 e. The van der Waals surface area contributed by atoms with E-state index in [2.05, 4.69) is 15.4 Å². The van der Waals surface area contributed by atoms with Gasteiger partial charge in [-0.3, -0.25) is 18.8 Å². The van der Waals surface area contributed by atoms with E-state index >= 15 is 0 Å². The van der Waals surface area contributed by atoms with Crippen LogP contribution in [0.25, 0.3) is 6.08 Å². The quantitative estimate of drug-likeness (QED) is 0.442. The van der Waals surface area contributed by atoms with Crippen molar-refractivity contribution in [2.24, 2.45) is 4.99 Å². The zero-order chi connectivity index (χ0) is 25.2. The number of thiazole rings is 1. The number of benzene rings is 2. The number of para-hydroxylation sites is 1. The molecule has 9 heteroatoms. The SMILES string of the molecule is CCn1cc(/C=c2/sc3n(c2=O)[C@H](c2ccc(OC)cc2)C(C(=O)Nc2ccccc2)=C(C)N=3)cn1. The van der Waals surface area contributed by atoms with Crippen molar-refractivity contribution in [3.05, 3.63) is 109 Å². The highest BCUT2D eigenvalue weighted by molar-refractivity contribution is 7.07. The molecule has 0 bridgehead atoms. The number of methoxy groups -OCH3 is 1. The molecule has 0 unspecified atom stereocenters. The second kappa shape index (κ2) is 9.79. The summed E-state index contributed by atoms with van der Waals surface area (Å²) in [6, 6.07) is 16.0. The predicted octanol–water partition coefficient (Wildman–Crippen LogP) is 3.10. The number of carbonyl (C=O) groups excluding carboxylic acids is 1. The van der Waals surface area contributed by atoms with Crippen molar-refractivity contribution in [3.63, 3.8) is 0 Å². The topological polar surface area (TPSA) is 90.5 Å². The number of aryl methyl sites for hydroxylation is 1. The number of hydrogen-bond acceptors (Lipinski definition) is 6. The van der Waals surface area contributed by atoms with Crippen LogP contribution in [0.1, 0.15) is 31.0 Å². The van der Waals surface area contributed by atoms with E-state index in [4.69, 9.17) is 4.74 Å². The molecule has 1 N–H and O–H groups in total. The average Bonchev–Trinajstić information content (AvgIpc) is 3.47. The van der Waals surface area contributed by atoms with E-state index in [0.29, 0.717) is 32.0 Å². The third-order valence-electron chi connectivity index (χ3n) is 6.00. The Kier molecular flexibility index (Phi) is 6.39. The Labute approximate surface area is 211 Å². The molecule has 3 heterocycles. The standard InChI is InChI=1S/C27H25N5O3S/c1-4-31-16-18(15-28-31)14-22-26(34)32-24(19-10-12-21(35-3)13-11-19)23(17(2)29-27(32)36-22)25(33)30-20-8-6-5-7-9-20/h5-16,24H,4H2,1-3H3,(H,30,33)/b22-14+/t24-/m1/s1. The van der Waals surface area contributed by atoms with Crippen LogP contribution in [0.3, 0.4) is 0 Å². The number of allylic oxidation sites excluding steroid dienone is 1. The van der Waals surface area contributed by atoms with Crippen LogP contribution in [0.4, 0.5) is 5.69 Å². The van der Waals surface area contributed by atoms with Crippen LogP contribution in [0.5, 0.6) is 5.75 Å². The molecule has 1 atom stereocenters. The maximum Gasteiger partial charge on any atom is 0.271 e. The summed E-state index contributed by atoms with van der Waals surface area (Å²) in [5, 5.41) is 7.25. The first-order chi connectivity index (χ1) is 17.5. The van der Waals surface area contributed by atoms with Crippen molar-refractivity contribution in [2.75, 3.05) is 12.4 Å². The molecule has 0 fully saturated rings. The van der Waals surface area contributed by atoms with Crippen LogP contribution >= 0.6 is 11.3 Å². The van der Waals surface area contributed by atoms with Gasteiger partial charge < -0.3 is 10.1 Å². The summed E-state index contributed by atoms with van der Waals surface area (Å²) in [6.07, 6.45) is 5.44. The van der Waals surface area contributed by atoms with Gasteiger partial charge in [0.15, 0.2) is 4.80 Å². The van der Waals surface area contributed by atoms with Crippen molar-refractivity contribution in [3.8, 4) is 5.75 Å². The van der Waals surface area contributed by atoms with Gasteiger partial charge in [-0.05, 0) is 49.8 Å². The van der Waals surface area contributed by atoms with Gasteiger partial charge in [-0.2, -0.15) is 5.10 Å². The van der Waals surface area contributed by atoms with Gasteiger partial charge in [0.1, 0.15) is 5.75 Å². The van der Waals surface area contributed by atoms with Gasteiger partial charge >= 0.3 is 0 Å². The van der Waals surface area contributed by atoms with Gasteiger partial charge in [0.25, 0.3) is 11.5 Å². The van der Waals surface area contributed by atoms with Crippen molar-refractivity contribution < 1.29 is 9.53 Å². The third kappa shape index (κ3) is 4.40. The van der Waals surface area contributed by atoms with E-state index in [1.54, 1.807) is 29.5 Å². The highest BCUT2D eigenvalue weighted by Gasteiger charge is 2.32. The van der Waals surface area contributed by atoms with E-state index in [1.165, 1.54) is 11.3 Å². The lowest BCUT2D eigenvalue weighted by molar-refractivity contribution is -0.113. The molecule has 4 aromatic rings. The Bertz CT molecular complexity index is 1630. The molecule has 182 valence electrons. The summed E-state index contributed by atoms with van der Waals surface area (Å²) in [5.74, 6) is 0.386. The summed E-state index contributed by atoms with van der Waals surface area (Å²) in [7, 11) is 1.60. The molecular formula is C27H25N5O3S. The number of anilines is 1. The first-order valence-electron chi connectivity index (χ1n) is 11.5. The third-order valence-corrected chi connectivity index (χ3v) is 6.99. The summed E-state index contributed by atoms with van der Waals surface area (Å²) >= 11 is 1.30. The molecule has 2 aromatic heterocycles. The maximum atomic E-state index is 13.7. The summed E-state index contributed by atoms with van der Waals surface area (Å²) in [6.45, 7) is 4.55. The molecule has 2 aromatic carbocycles. The van der Waals surface area contributed by atoms with Gasteiger partial charge in [-0.25, -0.2) is 4.99 Å².